The van der Waals surface area contributed by atoms with Crippen LogP contribution in [0, 0.1) is 0 Å². The summed E-state index contributed by atoms with van der Waals surface area (Å²) in [6, 6.07) is 0. The van der Waals surface area contributed by atoms with Crippen molar-refractivity contribution in [2.24, 2.45) is 0 Å². The molecule has 0 amide bonds. The molecule has 0 unspecified atom stereocenters. The van der Waals surface area contributed by atoms with Crippen LogP contribution in [0.1, 0.15) is 26.7 Å². The zero-order valence-corrected chi connectivity index (χ0v) is 5.35. The molecule has 0 rings (SSSR count). The van der Waals surface area contributed by atoms with Crippen LogP contribution in [0.3, 0.4) is 0 Å². The zero-order chi connectivity index (χ0) is 6.57. The van der Waals surface area contributed by atoms with Crippen LogP contribution < -0.4 is 0 Å². The van der Waals surface area contributed by atoms with E-state index in [1.54, 1.807) is 0 Å². The van der Waals surface area contributed by atoms with E-state index in [9.17, 15) is 4.79 Å². The fourth-order valence-corrected chi connectivity index (χ4v) is 0.477. The summed E-state index contributed by atoms with van der Waals surface area (Å²) in [5, 5.41) is 8.78. The lowest BCUT2D eigenvalue weighted by molar-refractivity contribution is -0.125. The summed E-state index contributed by atoms with van der Waals surface area (Å²) in [5.74, 6) is -0.133. The first-order valence-corrected chi connectivity index (χ1v) is 2.87. The van der Waals surface area contributed by atoms with E-state index in [4.69, 9.17) is 5.11 Å². The van der Waals surface area contributed by atoms with Gasteiger partial charge in [0.25, 0.3) is 0 Å². The Kier molecular flexibility index (Phi) is 3.44. The highest BCUT2D eigenvalue weighted by Crippen LogP contribution is 1.95. The summed E-state index contributed by atoms with van der Waals surface area (Å²) in [6.45, 7) is 3.34. The molecule has 0 aromatic heterocycles. The Morgan fingerprint density at radius 3 is 2.38 bits per heavy atom. The molecule has 0 aromatic rings. The van der Waals surface area contributed by atoms with E-state index in [1.165, 1.54) is 6.92 Å². The van der Waals surface area contributed by atoms with Crippen molar-refractivity contribution in [1.29, 1.82) is 0 Å². The minimum atomic E-state index is -0.722. The van der Waals surface area contributed by atoms with Gasteiger partial charge in [-0.05, 0) is 13.3 Å². The molecular formula is C6H12O2. The lowest BCUT2D eigenvalue weighted by atomic mass is 10.1. The highest BCUT2D eigenvalue weighted by Gasteiger charge is 2.05. The molecule has 2 nitrogen and oxygen atoms in total. The lowest BCUT2D eigenvalue weighted by Crippen LogP contribution is -2.15. The van der Waals surface area contributed by atoms with E-state index in [0.717, 1.165) is 6.42 Å². The second-order valence-corrected chi connectivity index (χ2v) is 1.92. The van der Waals surface area contributed by atoms with Crippen molar-refractivity contribution in [1.82, 2.24) is 0 Å². The summed E-state index contributed by atoms with van der Waals surface area (Å²) >= 11 is 0. The van der Waals surface area contributed by atoms with Gasteiger partial charge in [-0.3, -0.25) is 4.79 Å². The van der Waals surface area contributed by atoms with Crippen molar-refractivity contribution in [3.05, 3.63) is 0 Å². The number of hydrogen-bond acceptors (Lipinski definition) is 2. The number of hydrogen-bond donors (Lipinski definition) is 1. The number of ketones is 1. The van der Waals surface area contributed by atoms with Crippen LogP contribution in [0.15, 0.2) is 0 Å². The summed E-state index contributed by atoms with van der Waals surface area (Å²) in [5.41, 5.74) is 0. The monoisotopic (exact) mass is 116 g/mol. The average Bonchev–Trinajstić information content (AvgIpc) is 1.67. The topological polar surface area (TPSA) is 37.3 Å². The second-order valence-electron chi connectivity index (χ2n) is 1.92. The van der Waals surface area contributed by atoms with Gasteiger partial charge in [0.05, 0.1) is 0 Å². The highest BCUT2D eigenvalue weighted by atomic mass is 16.3. The van der Waals surface area contributed by atoms with Crippen molar-refractivity contribution in [3.8, 4) is 0 Å². The molecule has 0 saturated heterocycles. The molecule has 0 bridgehead atoms. The smallest absolute Gasteiger partial charge is 0.158 e. The van der Waals surface area contributed by atoms with E-state index in [2.05, 4.69) is 0 Å². The number of carbonyl (C=O) groups is 1. The van der Waals surface area contributed by atoms with Crippen LogP contribution in [-0.2, 0) is 4.79 Å². The number of aliphatic hydroxyl groups excluding tert-OH is 1. The first kappa shape index (κ1) is 7.63. The van der Waals surface area contributed by atoms with Crippen LogP contribution in [0.5, 0.6) is 0 Å². The molecule has 1 atom stereocenters. The van der Waals surface area contributed by atoms with E-state index < -0.39 is 6.10 Å². The predicted molar refractivity (Wildman–Crippen MR) is 31.6 cm³/mol. The Labute approximate surface area is 49.5 Å². The van der Waals surface area contributed by atoms with Gasteiger partial charge in [-0.2, -0.15) is 0 Å². The highest BCUT2D eigenvalue weighted by molar-refractivity contribution is 5.79. The molecule has 1 N–H and O–H groups in total. The molecule has 0 saturated carbocycles. The van der Waals surface area contributed by atoms with Crippen LogP contribution in [-0.4, -0.2) is 17.0 Å². The molecule has 0 aliphatic carbocycles. The number of rotatable bonds is 3. The lowest BCUT2D eigenvalue weighted by Gasteiger charge is -2.01. The quantitative estimate of drug-likeness (QED) is 0.590. The first-order valence-electron chi connectivity index (χ1n) is 2.87. The third-order valence-electron chi connectivity index (χ3n) is 1.03. The molecule has 0 aromatic carbocycles. The van der Waals surface area contributed by atoms with Crippen LogP contribution in [0.4, 0.5) is 0 Å². The summed E-state index contributed by atoms with van der Waals surface area (Å²) in [6.07, 6.45) is 0.732. The van der Waals surface area contributed by atoms with Gasteiger partial charge >= 0.3 is 0 Å². The van der Waals surface area contributed by atoms with Crippen molar-refractivity contribution >= 4 is 5.78 Å². The average molecular weight is 116 g/mol. The van der Waals surface area contributed by atoms with Crippen molar-refractivity contribution < 1.29 is 9.90 Å². The van der Waals surface area contributed by atoms with Gasteiger partial charge in [0.1, 0.15) is 6.10 Å². The van der Waals surface area contributed by atoms with Crippen LogP contribution >= 0.6 is 0 Å². The molecule has 0 aliphatic heterocycles. The SMILES string of the molecule is CCC[C@@H](O)C(C)=O. The normalized spacial score (nSPS) is 13.4. The fourth-order valence-electron chi connectivity index (χ4n) is 0.477. The van der Waals surface area contributed by atoms with Gasteiger partial charge in [-0.1, -0.05) is 13.3 Å². The van der Waals surface area contributed by atoms with Gasteiger partial charge in [0, 0.05) is 0 Å². The predicted octanol–water partition coefficient (Wildman–Crippen LogP) is 0.736. The molecule has 48 valence electrons. The number of carbonyl (C=O) groups excluding carboxylic acids is 1. The molecule has 0 heterocycles. The van der Waals surface area contributed by atoms with Crippen LogP contribution in [0.25, 0.3) is 0 Å². The molecule has 2 heteroatoms. The maximum absolute atomic E-state index is 10.3. The van der Waals surface area contributed by atoms with E-state index >= 15 is 0 Å². The van der Waals surface area contributed by atoms with Gasteiger partial charge in [0.15, 0.2) is 5.78 Å². The van der Waals surface area contributed by atoms with Crippen LogP contribution in [0.2, 0.25) is 0 Å². The second kappa shape index (κ2) is 3.61. The fraction of sp³-hybridized carbons (Fsp3) is 0.833. The van der Waals surface area contributed by atoms with E-state index in [0.29, 0.717) is 6.42 Å². The number of Topliss-reactive ketones (excluding diaryl/α,β-unsaturated/α-hetero) is 1. The molecule has 0 spiro atoms. The van der Waals surface area contributed by atoms with Crippen molar-refractivity contribution in [2.45, 2.75) is 32.8 Å². The van der Waals surface area contributed by atoms with Crippen molar-refractivity contribution in [3.63, 3.8) is 0 Å². The van der Waals surface area contributed by atoms with E-state index in [-0.39, 0.29) is 5.78 Å². The summed E-state index contributed by atoms with van der Waals surface area (Å²) in [4.78, 5) is 10.3. The Hall–Kier alpha value is -0.370. The molecule has 0 fully saturated rings. The Bertz CT molecular complexity index is 78.6. The van der Waals surface area contributed by atoms with E-state index in [1.807, 2.05) is 6.92 Å². The van der Waals surface area contributed by atoms with Gasteiger partial charge in [0.2, 0.25) is 0 Å². The van der Waals surface area contributed by atoms with Gasteiger partial charge < -0.3 is 5.11 Å². The standard InChI is InChI=1S/C6H12O2/c1-3-4-6(8)5(2)7/h6,8H,3-4H2,1-2H3/t6-/m1/s1. The molecular weight excluding hydrogens is 104 g/mol. The van der Waals surface area contributed by atoms with Gasteiger partial charge in [-0.15, -0.1) is 0 Å². The first-order chi connectivity index (χ1) is 3.68. The van der Waals surface area contributed by atoms with Crippen molar-refractivity contribution in [2.75, 3.05) is 0 Å². The van der Waals surface area contributed by atoms with Gasteiger partial charge in [-0.25, -0.2) is 0 Å². The Morgan fingerprint density at radius 1 is 1.75 bits per heavy atom. The molecule has 0 aliphatic rings. The minimum absolute atomic E-state index is 0.133. The third kappa shape index (κ3) is 2.75. The Morgan fingerprint density at radius 2 is 2.25 bits per heavy atom. The zero-order valence-electron chi connectivity index (χ0n) is 5.35. The molecule has 8 heavy (non-hydrogen) atoms. The largest absolute Gasteiger partial charge is 0.385 e. The summed E-state index contributed by atoms with van der Waals surface area (Å²) in [7, 11) is 0. The summed E-state index contributed by atoms with van der Waals surface area (Å²) < 4.78 is 0. The number of aliphatic hydroxyl groups is 1. The molecule has 0 radical (unpaired) electrons. The minimum Gasteiger partial charge on any atom is -0.385 e. The maximum Gasteiger partial charge on any atom is 0.158 e. The third-order valence-corrected chi connectivity index (χ3v) is 1.03. The Balaban J connectivity index is 3.32. The maximum atomic E-state index is 10.3.